The zero-order valence-corrected chi connectivity index (χ0v) is 19.5. The van der Waals surface area contributed by atoms with Crippen LogP contribution in [-0.2, 0) is 24.2 Å². The van der Waals surface area contributed by atoms with Crippen LogP contribution in [0.3, 0.4) is 0 Å². The van der Waals surface area contributed by atoms with Crippen molar-refractivity contribution >= 4 is 22.9 Å². The molecule has 5 heteroatoms. The van der Waals surface area contributed by atoms with E-state index >= 15 is 0 Å². The van der Waals surface area contributed by atoms with Crippen molar-refractivity contribution in [1.29, 1.82) is 0 Å². The van der Waals surface area contributed by atoms with Crippen LogP contribution in [0.25, 0.3) is 10.8 Å². The first-order chi connectivity index (χ1) is 16.7. The Bertz CT molecular complexity index is 1290. The Balaban J connectivity index is 1.36. The van der Waals surface area contributed by atoms with Crippen LogP contribution in [-0.4, -0.2) is 19.2 Å². The van der Waals surface area contributed by atoms with Gasteiger partial charge in [0.15, 0.2) is 11.5 Å². The zero-order chi connectivity index (χ0) is 23.8. The van der Waals surface area contributed by atoms with E-state index in [0.29, 0.717) is 18.1 Å². The van der Waals surface area contributed by atoms with E-state index in [0.717, 1.165) is 23.1 Å². The van der Waals surface area contributed by atoms with Crippen molar-refractivity contribution in [3.05, 3.63) is 107 Å². The van der Waals surface area contributed by atoms with Crippen molar-refractivity contribution in [2.24, 2.45) is 5.10 Å². The number of carbonyl (C=O) groups excluding carboxylic acids is 1. The predicted molar refractivity (Wildman–Crippen MR) is 137 cm³/mol. The molecule has 5 nitrogen and oxygen atoms in total. The number of hydrogen-bond donors (Lipinski definition) is 1. The lowest BCUT2D eigenvalue weighted by Gasteiger charge is -2.12. The van der Waals surface area contributed by atoms with E-state index < -0.39 is 0 Å². The van der Waals surface area contributed by atoms with E-state index in [-0.39, 0.29) is 12.3 Å². The van der Waals surface area contributed by atoms with Crippen molar-refractivity contribution in [1.82, 2.24) is 5.43 Å². The van der Waals surface area contributed by atoms with E-state index in [1.54, 1.807) is 13.3 Å². The standard InChI is InChI=1S/C29H28N2O3/c1-3-21-11-13-22(14-12-21)18-29(32)31-30-19-23-15-16-27(28(17-23)33-2)34-20-25-9-6-8-24-7-4-5-10-26(24)25/h4-17,19H,3,18,20H2,1-2H3,(H,31,32)/b30-19+. The van der Waals surface area contributed by atoms with Crippen molar-refractivity contribution in [3.63, 3.8) is 0 Å². The lowest BCUT2D eigenvalue weighted by Crippen LogP contribution is -2.19. The number of benzene rings is 4. The molecule has 4 aromatic carbocycles. The molecule has 0 bridgehead atoms. The SMILES string of the molecule is CCc1ccc(CC(=O)N/N=C/c2ccc(OCc3cccc4ccccc34)c(OC)c2)cc1. The minimum Gasteiger partial charge on any atom is -0.493 e. The molecule has 0 aliphatic rings. The van der Waals surface area contributed by atoms with Crippen LogP contribution in [0.1, 0.15) is 29.2 Å². The molecule has 0 heterocycles. The molecule has 1 N–H and O–H groups in total. The molecular weight excluding hydrogens is 424 g/mol. The fraction of sp³-hybridized carbons (Fsp3) is 0.172. The quantitative estimate of drug-likeness (QED) is 0.262. The molecule has 34 heavy (non-hydrogen) atoms. The first kappa shape index (κ1) is 23.1. The van der Waals surface area contributed by atoms with Crippen molar-refractivity contribution in [3.8, 4) is 11.5 Å². The monoisotopic (exact) mass is 452 g/mol. The van der Waals surface area contributed by atoms with E-state index in [1.807, 2.05) is 60.7 Å². The molecule has 0 aromatic heterocycles. The molecule has 1 amide bonds. The lowest BCUT2D eigenvalue weighted by atomic mass is 10.1. The van der Waals surface area contributed by atoms with Crippen LogP contribution in [0, 0.1) is 0 Å². The van der Waals surface area contributed by atoms with Gasteiger partial charge in [-0.05, 0) is 57.6 Å². The molecule has 0 aliphatic carbocycles. The van der Waals surface area contributed by atoms with E-state index in [2.05, 4.69) is 41.7 Å². The Morgan fingerprint density at radius 1 is 0.912 bits per heavy atom. The minimum atomic E-state index is -0.164. The smallest absolute Gasteiger partial charge is 0.244 e. The summed E-state index contributed by atoms with van der Waals surface area (Å²) in [5.74, 6) is 1.08. The highest BCUT2D eigenvalue weighted by atomic mass is 16.5. The second-order valence-corrected chi connectivity index (χ2v) is 7.98. The van der Waals surface area contributed by atoms with Crippen molar-refractivity contribution < 1.29 is 14.3 Å². The van der Waals surface area contributed by atoms with Crippen LogP contribution in [0.4, 0.5) is 0 Å². The summed E-state index contributed by atoms with van der Waals surface area (Å²) in [7, 11) is 1.60. The number of nitrogens with one attached hydrogen (secondary N) is 1. The number of carbonyl (C=O) groups is 1. The molecule has 0 saturated carbocycles. The molecule has 0 saturated heterocycles. The van der Waals surface area contributed by atoms with Crippen LogP contribution in [0.5, 0.6) is 11.5 Å². The summed E-state index contributed by atoms with van der Waals surface area (Å²) in [4.78, 5) is 12.2. The highest BCUT2D eigenvalue weighted by Crippen LogP contribution is 2.29. The Morgan fingerprint density at radius 3 is 2.47 bits per heavy atom. The van der Waals surface area contributed by atoms with Gasteiger partial charge in [-0.15, -0.1) is 0 Å². The van der Waals surface area contributed by atoms with Crippen LogP contribution >= 0.6 is 0 Å². The summed E-state index contributed by atoms with van der Waals surface area (Å²) in [6.45, 7) is 2.54. The average molecular weight is 453 g/mol. The zero-order valence-electron chi connectivity index (χ0n) is 19.5. The maximum absolute atomic E-state index is 12.2. The van der Waals surface area contributed by atoms with E-state index in [1.165, 1.54) is 16.3 Å². The lowest BCUT2D eigenvalue weighted by molar-refractivity contribution is -0.120. The van der Waals surface area contributed by atoms with E-state index in [9.17, 15) is 4.79 Å². The third kappa shape index (κ3) is 5.81. The summed E-state index contributed by atoms with van der Waals surface area (Å²) in [6.07, 6.45) is 2.86. The summed E-state index contributed by atoms with van der Waals surface area (Å²) < 4.78 is 11.6. The molecule has 4 aromatic rings. The molecule has 0 radical (unpaired) electrons. The van der Waals surface area contributed by atoms with Crippen LogP contribution < -0.4 is 14.9 Å². The van der Waals surface area contributed by atoms with Gasteiger partial charge in [0.1, 0.15) is 6.61 Å². The first-order valence-corrected chi connectivity index (χ1v) is 11.3. The maximum atomic E-state index is 12.2. The normalized spacial score (nSPS) is 11.0. The maximum Gasteiger partial charge on any atom is 0.244 e. The fourth-order valence-electron chi connectivity index (χ4n) is 3.75. The third-order valence-electron chi connectivity index (χ3n) is 5.65. The molecule has 0 atom stereocenters. The van der Waals surface area contributed by atoms with Gasteiger partial charge in [-0.3, -0.25) is 4.79 Å². The van der Waals surface area contributed by atoms with Gasteiger partial charge in [0.25, 0.3) is 0 Å². The molecular formula is C29H28N2O3. The van der Waals surface area contributed by atoms with Gasteiger partial charge < -0.3 is 9.47 Å². The molecule has 172 valence electrons. The van der Waals surface area contributed by atoms with Crippen LogP contribution in [0.15, 0.2) is 90.0 Å². The van der Waals surface area contributed by atoms with Gasteiger partial charge in [-0.2, -0.15) is 5.10 Å². The van der Waals surface area contributed by atoms with Gasteiger partial charge in [0, 0.05) is 0 Å². The minimum absolute atomic E-state index is 0.164. The summed E-state index contributed by atoms with van der Waals surface area (Å²) >= 11 is 0. The van der Waals surface area contributed by atoms with Crippen molar-refractivity contribution in [2.75, 3.05) is 7.11 Å². The second-order valence-electron chi connectivity index (χ2n) is 7.98. The predicted octanol–water partition coefficient (Wildman–Crippen LogP) is 5.68. The highest BCUT2D eigenvalue weighted by molar-refractivity contribution is 5.86. The topological polar surface area (TPSA) is 59.9 Å². The number of rotatable bonds is 9. The van der Waals surface area contributed by atoms with Gasteiger partial charge in [-0.1, -0.05) is 73.7 Å². The molecule has 4 rings (SSSR count). The largest absolute Gasteiger partial charge is 0.493 e. The van der Waals surface area contributed by atoms with E-state index in [4.69, 9.17) is 9.47 Å². The second kappa shape index (κ2) is 11.1. The number of amides is 1. The van der Waals surface area contributed by atoms with Crippen molar-refractivity contribution in [2.45, 2.75) is 26.4 Å². The Labute approximate surface area is 200 Å². The number of hydrazone groups is 1. The van der Waals surface area contributed by atoms with Gasteiger partial charge in [0.2, 0.25) is 5.91 Å². The first-order valence-electron chi connectivity index (χ1n) is 11.3. The molecule has 0 spiro atoms. The number of hydrogen-bond acceptors (Lipinski definition) is 4. The Morgan fingerprint density at radius 2 is 1.68 bits per heavy atom. The van der Waals surface area contributed by atoms with Gasteiger partial charge >= 0.3 is 0 Å². The number of aryl methyl sites for hydroxylation is 1. The van der Waals surface area contributed by atoms with Crippen LogP contribution in [0.2, 0.25) is 0 Å². The molecule has 0 aliphatic heterocycles. The third-order valence-corrected chi connectivity index (χ3v) is 5.65. The fourth-order valence-corrected chi connectivity index (χ4v) is 3.75. The summed E-state index contributed by atoms with van der Waals surface area (Å²) in [5.41, 5.74) is 6.69. The molecule has 0 unspecified atom stereocenters. The number of methoxy groups -OCH3 is 1. The van der Waals surface area contributed by atoms with Gasteiger partial charge in [0.05, 0.1) is 19.7 Å². The average Bonchev–Trinajstić information content (AvgIpc) is 2.88. The molecule has 0 fully saturated rings. The summed E-state index contributed by atoms with van der Waals surface area (Å²) in [5, 5.41) is 6.44. The number of nitrogens with zero attached hydrogens (tertiary/aromatic N) is 1. The highest BCUT2D eigenvalue weighted by Gasteiger charge is 2.08. The number of fused-ring (bicyclic) bond motifs is 1. The summed E-state index contributed by atoms with van der Waals surface area (Å²) in [6, 6.07) is 28.0. The Hall–Kier alpha value is -4.12. The van der Waals surface area contributed by atoms with Gasteiger partial charge in [-0.25, -0.2) is 5.43 Å². The Kier molecular flexibility index (Phi) is 7.56. The number of ether oxygens (including phenoxy) is 2.